The quantitative estimate of drug-likeness (QED) is 0.809. The monoisotopic (exact) mass is 358 g/mol. The summed E-state index contributed by atoms with van der Waals surface area (Å²) in [5.74, 6) is -0.132. The van der Waals surface area contributed by atoms with Crippen molar-refractivity contribution in [2.45, 2.75) is 13.0 Å². The lowest BCUT2D eigenvalue weighted by atomic mass is 9.99. The number of hydrogen-bond donors (Lipinski definition) is 1. The second-order valence-corrected chi connectivity index (χ2v) is 5.64. The van der Waals surface area contributed by atoms with Crippen molar-refractivity contribution in [1.82, 2.24) is 0 Å². The molecule has 0 saturated heterocycles. The van der Waals surface area contributed by atoms with Gasteiger partial charge in [-0.05, 0) is 40.5 Å². The normalized spacial score (nSPS) is 12.3. The van der Waals surface area contributed by atoms with E-state index in [1.807, 2.05) is 13.0 Å². The molecule has 0 fully saturated rings. The third kappa shape index (κ3) is 2.82. The van der Waals surface area contributed by atoms with Gasteiger partial charge in [-0.15, -0.1) is 0 Å². The van der Waals surface area contributed by atoms with E-state index in [0.717, 1.165) is 5.56 Å². The highest BCUT2D eigenvalue weighted by Crippen LogP contribution is 2.36. The van der Waals surface area contributed by atoms with E-state index < -0.39 is 11.9 Å². The Bertz CT molecular complexity index is 646. The Labute approximate surface area is 130 Å². The Kier molecular flexibility index (Phi) is 4.68. The minimum atomic E-state index is -1.14. The highest BCUT2D eigenvalue weighted by atomic mass is 79.9. The van der Waals surface area contributed by atoms with E-state index in [2.05, 4.69) is 15.9 Å². The van der Waals surface area contributed by atoms with Crippen molar-refractivity contribution in [3.8, 4) is 5.75 Å². The number of ether oxygens (including phenoxy) is 1. The van der Waals surface area contributed by atoms with Gasteiger partial charge in [0.2, 0.25) is 0 Å². The Morgan fingerprint density at radius 2 is 1.90 bits per heavy atom. The second-order valence-electron chi connectivity index (χ2n) is 4.41. The number of methoxy groups -OCH3 is 1. The van der Waals surface area contributed by atoms with Gasteiger partial charge in [-0.3, -0.25) is 0 Å². The van der Waals surface area contributed by atoms with Crippen LogP contribution in [-0.2, 0) is 0 Å². The molecule has 0 aliphatic carbocycles. The molecule has 0 aromatic heterocycles. The number of halogens is 3. The average Bonchev–Trinajstić information content (AvgIpc) is 2.44. The minimum absolute atomic E-state index is 0.0485. The van der Waals surface area contributed by atoms with Crippen molar-refractivity contribution in [2.24, 2.45) is 0 Å². The third-order valence-electron chi connectivity index (χ3n) is 3.04. The van der Waals surface area contributed by atoms with Crippen LogP contribution in [0.3, 0.4) is 0 Å². The van der Waals surface area contributed by atoms with Crippen molar-refractivity contribution in [3.63, 3.8) is 0 Å². The number of aryl methyl sites for hydroxylation is 1. The lowest BCUT2D eigenvalue weighted by molar-refractivity contribution is 0.209. The molecule has 0 heterocycles. The summed E-state index contributed by atoms with van der Waals surface area (Å²) in [5.41, 5.74) is 1.60. The Hall–Kier alpha value is -1.10. The van der Waals surface area contributed by atoms with E-state index in [-0.39, 0.29) is 10.6 Å². The van der Waals surface area contributed by atoms with Crippen LogP contribution in [0.5, 0.6) is 5.75 Å². The Morgan fingerprint density at radius 3 is 2.55 bits per heavy atom. The highest BCUT2D eigenvalue weighted by molar-refractivity contribution is 9.10. The van der Waals surface area contributed by atoms with Crippen molar-refractivity contribution in [2.75, 3.05) is 7.11 Å². The standard InChI is InChI=1S/C15H13BrClFO2/c1-8-3-4-9(12(7-8)20-2)15(19)10-5-6-11(16)13(17)14(10)18/h3-7,15,19H,1-2H3. The van der Waals surface area contributed by atoms with Gasteiger partial charge in [-0.25, -0.2) is 4.39 Å². The van der Waals surface area contributed by atoms with Crippen molar-refractivity contribution in [1.29, 1.82) is 0 Å². The Balaban J connectivity index is 2.52. The number of aliphatic hydroxyl groups is 1. The van der Waals surface area contributed by atoms with Crippen molar-refractivity contribution < 1.29 is 14.2 Å². The Morgan fingerprint density at radius 1 is 1.25 bits per heavy atom. The molecule has 1 N–H and O–H groups in total. The average molecular weight is 360 g/mol. The summed E-state index contributed by atoms with van der Waals surface area (Å²) in [5, 5.41) is 10.3. The van der Waals surface area contributed by atoms with Crippen LogP contribution in [0.1, 0.15) is 22.8 Å². The summed E-state index contributed by atoms with van der Waals surface area (Å²) in [4.78, 5) is 0. The van der Waals surface area contributed by atoms with Gasteiger partial charge in [0.15, 0.2) is 0 Å². The largest absolute Gasteiger partial charge is 0.496 e. The summed E-state index contributed by atoms with van der Waals surface area (Å²) >= 11 is 8.99. The van der Waals surface area contributed by atoms with Crippen LogP contribution in [-0.4, -0.2) is 12.2 Å². The molecule has 2 nitrogen and oxygen atoms in total. The van der Waals surface area contributed by atoms with Gasteiger partial charge in [0.1, 0.15) is 17.7 Å². The molecular weight excluding hydrogens is 347 g/mol. The molecule has 0 spiro atoms. The number of hydrogen-bond acceptors (Lipinski definition) is 2. The molecule has 0 saturated carbocycles. The fourth-order valence-corrected chi connectivity index (χ4v) is 2.44. The fourth-order valence-electron chi connectivity index (χ4n) is 1.96. The van der Waals surface area contributed by atoms with Crippen LogP contribution in [0.2, 0.25) is 5.02 Å². The SMILES string of the molecule is COc1cc(C)ccc1C(O)c1ccc(Br)c(Cl)c1F. The topological polar surface area (TPSA) is 29.5 Å². The second kappa shape index (κ2) is 6.12. The van der Waals surface area contributed by atoms with E-state index in [4.69, 9.17) is 16.3 Å². The molecule has 1 atom stereocenters. The van der Waals surface area contributed by atoms with Crippen LogP contribution in [0, 0.1) is 12.7 Å². The van der Waals surface area contributed by atoms with E-state index >= 15 is 0 Å². The van der Waals surface area contributed by atoms with Crippen molar-refractivity contribution >= 4 is 27.5 Å². The van der Waals surface area contributed by atoms with Crippen LogP contribution >= 0.6 is 27.5 Å². The van der Waals surface area contributed by atoms with Gasteiger partial charge in [-0.2, -0.15) is 0 Å². The van der Waals surface area contributed by atoms with E-state index in [1.54, 1.807) is 18.2 Å². The van der Waals surface area contributed by atoms with Gasteiger partial charge in [0, 0.05) is 15.6 Å². The van der Waals surface area contributed by atoms with Gasteiger partial charge in [0.25, 0.3) is 0 Å². The van der Waals surface area contributed by atoms with Crippen LogP contribution < -0.4 is 4.74 Å². The van der Waals surface area contributed by atoms with Gasteiger partial charge in [0.05, 0.1) is 12.1 Å². The lowest BCUT2D eigenvalue weighted by Crippen LogP contribution is -2.05. The fraction of sp³-hybridized carbons (Fsp3) is 0.200. The maximum absolute atomic E-state index is 14.2. The molecule has 2 rings (SSSR count). The first-order valence-electron chi connectivity index (χ1n) is 5.91. The molecular formula is C15H13BrClFO2. The predicted molar refractivity (Wildman–Crippen MR) is 80.9 cm³/mol. The zero-order chi connectivity index (χ0) is 14.9. The summed E-state index contributed by atoms with van der Waals surface area (Å²) < 4.78 is 19.8. The zero-order valence-electron chi connectivity index (χ0n) is 11.0. The number of rotatable bonds is 3. The zero-order valence-corrected chi connectivity index (χ0v) is 13.3. The van der Waals surface area contributed by atoms with E-state index in [0.29, 0.717) is 15.8 Å². The summed E-state index contributed by atoms with van der Waals surface area (Å²) in [6.45, 7) is 1.91. The molecule has 20 heavy (non-hydrogen) atoms. The third-order valence-corrected chi connectivity index (χ3v) is 4.30. The number of aliphatic hydroxyl groups excluding tert-OH is 1. The summed E-state index contributed by atoms with van der Waals surface area (Å²) in [6.07, 6.45) is -1.14. The van der Waals surface area contributed by atoms with E-state index in [9.17, 15) is 9.50 Å². The first-order valence-corrected chi connectivity index (χ1v) is 7.08. The molecule has 0 amide bonds. The first-order chi connectivity index (χ1) is 9.45. The molecule has 2 aromatic carbocycles. The molecule has 0 bridgehead atoms. The van der Waals surface area contributed by atoms with Crippen LogP contribution in [0.4, 0.5) is 4.39 Å². The number of benzene rings is 2. The van der Waals surface area contributed by atoms with Gasteiger partial charge < -0.3 is 9.84 Å². The molecule has 5 heteroatoms. The smallest absolute Gasteiger partial charge is 0.149 e. The van der Waals surface area contributed by atoms with Crippen LogP contribution in [0.25, 0.3) is 0 Å². The summed E-state index contributed by atoms with van der Waals surface area (Å²) in [7, 11) is 1.51. The molecule has 0 aliphatic rings. The minimum Gasteiger partial charge on any atom is -0.496 e. The molecule has 0 aliphatic heterocycles. The van der Waals surface area contributed by atoms with Crippen LogP contribution in [0.15, 0.2) is 34.8 Å². The van der Waals surface area contributed by atoms with Gasteiger partial charge >= 0.3 is 0 Å². The highest BCUT2D eigenvalue weighted by Gasteiger charge is 2.21. The van der Waals surface area contributed by atoms with Gasteiger partial charge in [-0.1, -0.05) is 29.8 Å². The van der Waals surface area contributed by atoms with Crippen molar-refractivity contribution in [3.05, 3.63) is 62.3 Å². The molecule has 1 unspecified atom stereocenters. The summed E-state index contributed by atoms with van der Waals surface area (Å²) in [6, 6.07) is 8.43. The van der Waals surface area contributed by atoms with E-state index in [1.165, 1.54) is 13.2 Å². The lowest BCUT2D eigenvalue weighted by Gasteiger charge is -2.17. The maximum atomic E-state index is 14.2. The predicted octanol–water partition coefficient (Wildman–Crippen LogP) is 4.64. The molecule has 106 valence electrons. The first kappa shape index (κ1) is 15.3. The molecule has 0 radical (unpaired) electrons. The molecule has 2 aromatic rings. The maximum Gasteiger partial charge on any atom is 0.149 e.